The molecule has 9 nitrogen and oxygen atoms in total. The first-order valence-electron chi connectivity index (χ1n) is 9.59. The third-order valence-electron chi connectivity index (χ3n) is 5.18. The van der Waals surface area contributed by atoms with Gasteiger partial charge in [0.1, 0.15) is 0 Å². The van der Waals surface area contributed by atoms with Crippen LogP contribution in [0, 0.1) is 5.92 Å². The number of nitrogens with one attached hydrogen (secondary N) is 3. The largest absolute Gasteiger partial charge is 0.465 e. The molecule has 150 valence electrons. The Morgan fingerprint density at radius 3 is 2.96 bits per heavy atom. The van der Waals surface area contributed by atoms with E-state index in [-0.39, 0.29) is 18.4 Å². The van der Waals surface area contributed by atoms with E-state index in [0.717, 1.165) is 37.8 Å². The Morgan fingerprint density at radius 1 is 1.36 bits per heavy atom. The van der Waals surface area contributed by atoms with E-state index in [1.54, 1.807) is 18.6 Å². The van der Waals surface area contributed by atoms with Gasteiger partial charge in [0.2, 0.25) is 5.91 Å². The van der Waals surface area contributed by atoms with Crippen molar-refractivity contribution in [2.75, 3.05) is 5.32 Å². The Kier molecular flexibility index (Phi) is 6.57. The minimum Gasteiger partial charge on any atom is -0.465 e. The lowest BCUT2D eigenvalue weighted by atomic mass is 9.96. The van der Waals surface area contributed by atoms with Gasteiger partial charge in [0, 0.05) is 42.3 Å². The lowest BCUT2D eigenvalue weighted by Gasteiger charge is -2.14. The van der Waals surface area contributed by atoms with Crippen molar-refractivity contribution in [3.05, 3.63) is 36.0 Å². The number of carbonyl (C=O) groups excluding carboxylic acids is 1. The van der Waals surface area contributed by atoms with E-state index < -0.39 is 6.09 Å². The third-order valence-corrected chi connectivity index (χ3v) is 5.18. The van der Waals surface area contributed by atoms with Crippen LogP contribution in [0.2, 0.25) is 0 Å². The number of H-pyrrole nitrogens is 1. The van der Waals surface area contributed by atoms with Crippen LogP contribution in [0.25, 0.3) is 0 Å². The summed E-state index contributed by atoms with van der Waals surface area (Å²) in [7, 11) is 0. The molecule has 1 saturated carbocycles. The second-order valence-electron chi connectivity index (χ2n) is 7.43. The maximum absolute atomic E-state index is 12.1. The maximum atomic E-state index is 12.1. The number of carbonyl (C=O) groups is 2. The molecule has 1 aliphatic carbocycles. The molecular weight excluding hydrogens is 360 g/mol. The van der Waals surface area contributed by atoms with Crippen LogP contribution < -0.4 is 10.6 Å². The molecule has 2 aromatic rings. The van der Waals surface area contributed by atoms with Gasteiger partial charge in [0.25, 0.3) is 0 Å². The molecule has 1 aliphatic rings. The number of anilines is 1. The van der Waals surface area contributed by atoms with Gasteiger partial charge in [-0.15, -0.1) is 0 Å². The van der Waals surface area contributed by atoms with Crippen LogP contribution in [0.5, 0.6) is 0 Å². The summed E-state index contributed by atoms with van der Waals surface area (Å²) in [4.78, 5) is 30.8. The standard InChI is InChI=1S/C19H26N6O3/c1-12(22-19(27)28)2-3-13-4-5-14(8-13)16-10-17(25-24-16)23-18(26)9-15-11-20-6-7-21-15/h6-7,10-14,22H,2-5,8-9H2,1H3,(H,27,28)(H2,23,24,25,26)/t12-,13?,14?/m0/s1. The second-order valence-corrected chi connectivity index (χ2v) is 7.43. The molecule has 2 heterocycles. The first-order chi connectivity index (χ1) is 13.5. The highest BCUT2D eigenvalue weighted by atomic mass is 16.4. The Bertz CT molecular complexity index is 794. The van der Waals surface area contributed by atoms with E-state index in [1.165, 1.54) is 0 Å². The molecule has 4 N–H and O–H groups in total. The highest BCUT2D eigenvalue weighted by molar-refractivity contribution is 5.91. The van der Waals surface area contributed by atoms with Gasteiger partial charge in [-0.25, -0.2) is 4.79 Å². The van der Waals surface area contributed by atoms with Crippen LogP contribution in [-0.4, -0.2) is 43.3 Å². The van der Waals surface area contributed by atoms with E-state index in [2.05, 4.69) is 30.8 Å². The molecule has 3 rings (SSSR count). The number of aromatic amines is 1. The third kappa shape index (κ3) is 5.77. The molecule has 2 aromatic heterocycles. The zero-order valence-corrected chi connectivity index (χ0v) is 15.9. The molecule has 0 spiro atoms. The van der Waals surface area contributed by atoms with Crippen LogP contribution in [0.4, 0.5) is 10.6 Å². The predicted molar refractivity (Wildman–Crippen MR) is 103 cm³/mol. The van der Waals surface area contributed by atoms with Crippen LogP contribution in [0.3, 0.4) is 0 Å². The van der Waals surface area contributed by atoms with Gasteiger partial charge < -0.3 is 15.7 Å². The zero-order chi connectivity index (χ0) is 19.9. The topological polar surface area (TPSA) is 133 Å². The molecule has 2 unspecified atom stereocenters. The molecule has 28 heavy (non-hydrogen) atoms. The van der Waals surface area contributed by atoms with Crippen molar-refractivity contribution >= 4 is 17.8 Å². The fourth-order valence-electron chi connectivity index (χ4n) is 3.77. The van der Waals surface area contributed by atoms with Gasteiger partial charge in [-0.2, -0.15) is 5.10 Å². The number of hydrogen-bond donors (Lipinski definition) is 4. The maximum Gasteiger partial charge on any atom is 0.404 e. The molecule has 0 aliphatic heterocycles. The smallest absolute Gasteiger partial charge is 0.404 e. The average Bonchev–Trinajstić information content (AvgIpc) is 3.29. The van der Waals surface area contributed by atoms with Gasteiger partial charge in [0.05, 0.1) is 12.1 Å². The van der Waals surface area contributed by atoms with Crippen molar-refractivity contribution in [1.29, 1.82) is 0 Å². The average molecular weight is 386 g/mol. The monoisotopic (exact) mass is 386 g/mol. The van der Waals surface area contributed by atoms with Crippen molar-refractivity contribution in [3.8, 4) is 0 Å². The second kappa shape index (κ2) is 9.29. The summed E-state index contributed by atoms with van der Waals surface area (Å²) >= 11 is 0. The van der Waals surface area contributed by atoms with Crippen molar-refractivity contribution in [2.24, 2.45) is 5.92 Å². The Hall–Kier alpha value is -2.97. The number of aromatic nitrogens is 4. The Morgan fingerprint density at radius 2 is 2.21 bits per heavy atom. The van der Waals surface area contributed by atoms with E-state index in [4.69, 9.17) is 5.11 Å². The first kappa shape index (κ1) is 19.8. The van der Waals surface area contributed by atoms with Crippen molar-refractivity contribution < 1.29 is 14.7 Å². The fourth-order valence-corrected chi connectivity index (χ4v) is 3.77. The van der Waals surface area contributed by atoms with Crippen LogP contribution in [-0.2, 0) is 11.2 Å². The number of carboxylic acid groups (broad SMARTS) is 1. The molecule has 3 atom stereocenters. The van der Waals surface area contributed by atoms with E-state index >= 15 is 0 Å². The molecule has 9 heteroatoms. The summed E-state index contributed by atoms with van der Waals surface area (Å²) in [6.07, 6.45) is 8.98. The van der Waals surface area contributed by atoms with E-state index in [0.29, 0.717) is 23.3 Å². The molecule has 0 aromatic carbocycles. The summed E-state index contributed by atoms with van der Waals surface area (Å²) in [5.41, 5.74) is 1.65. The number of amides is 2. The van der Waals surface area contributed by atoms with E-state index in [1.807, 2.05) is 13.0 Å². The normalized spacial score (nSPS) is 19.9. The Balaban J connectivity index is 1.45. The molecule has 2 amide bonds. The predicted octanol–water partition coefficient (Wildman–Crippen LogP) is 2.70. The summed E-state index contributed by atoms with van der Waals surface area (Å²) in [6, 6.07) is 1.87. The summed E-state index contributed by atoms with van der Waals surface area (Å²) in [6.45, 7) is 1.89. The van der Waals surface area contributed by atoms with Gasteiger partial charge in [-0.1, -0.05) is 0 Å². The van der Waals surface area contributed by atoms with Crippen LogP contribution in [0.15, 0.2) is 24.7 Å². The van der Waals surface area contributed by atoms with Crippen molar-refractivity contribution in [3.63, 3.8) is 0 Å². The quantitative estimate of drug-likeness (QED) is 0.551. The zero-order valence-electron chi connectivity index (χ0n) is 15.9. The fraction of sp³-hybridized carbons (Fsp3) is 0.526. The van der Waals surface area contributed by atoms with Crippen LogP contribution >= 0.6 is 0 Å². The molecular formula is C19H26N6O3. The molecule has 0 radical (unpaired) electrons. The molecule has 1 fully saturated rings. The van der Waals surface area contributed by atoms with Gasteiger partial charge in [-0.3, -0.25) is 19.9 Å². The number of rotatable bonds is 8. The SMILES string of the molecule is C[C@@H](CCC1CCC(c2cc(NC(=O)Cc3cnccn3)n[nH]2)C1)NC(=O)O. The highest BCUT2D eigenvalue weighted by Crippen LogP contribution is 2.40. The van der Waals surface area contributed by atoms with Crippen LogP contribution in [0.1, 0.15) is 56.3 Å². The van der Waals surface area contributed by atoms with Gasteiger partial charge >= 0.3 is 6.09 Å². The lowest BCUT2D eigenvalue weighted by molar-refractivity contribution is -0.115. The summed E-state index contributed by atoms with van der Waals surface area (Å²) in [5.74, 6) is 1.32. The lowest BCUT2D eigenvalue weighted by Crippen LogP contribution is -2.31. The van der Waals surface area contributed by atoms with E-state index in [9.17, 15) is 9.59 Å². The number of nitrogens with zero attached hydrogens (tertiary/aromatic N) is 3. The van der Waals surface area contributed by atoms with Crippen molar-refractivity contribution in [2.45, 2.75) is 57.4 Å². The summed E-state index contributed by atoms with van der Waals surface area (Å²) in [5, 5.41) is 21.3. The summed E-state index contributed by atoms with van der Waals surface area (Å²) < 4.78 is 0. The molecule has 0 bridgehead atoms. The minimum atomic E-state index is -0.969. The van der Waals surface area contributed by atoms with Gasteiger partial charge in [-0.05, 0) is 44.9 Å². The first-order valence-corrected chi connectivity index (χ1v) is 9.59. The number of hydrogen-bond acceptors (Lipinski definition) is 5. The Labute approximate surface area is 163 Å². The highest BCUT2D eigenvalue weighted by Gasteiger charge is 2.27. The van der Waals surface area contributed by atoms with Crippen molar-refractivity contribution in [1.82, 2.24) is 25.5 Å². The van der Waals surface area contributed by atoms with Gasteiger partial charge in [0.15, 0.2) is 5.82 Å². The minimum absolute atomic E-state index is 0.0279. The molecule has 0 saturated heterocycles.